The number of benzene rings is 2. The molecule has 0 aliphatic rings. The molecule has 2 rings (SSSR count). The molecule has 0 unspecified atom stereocenters. The summed E-state index contributed by atoms with van der Waals surface area (Å²) >= 11 is 0. The van der Waals surface area contributed by atoms with Crippen LogP contribution in [0.25, 0.3) is 0 Å². The highest BCUT2D eigenvalue weighted by Crippen LogP contribution is 2.36. The number of alkyl halides is 6. The topological polar surface area (TPSA) is 38.3 Å². The van der Waals surface area contributed by atoms with E-state index in [1.54, 1.807) is 12.1 Å². The summed E-state index contributed by atoms with van der Waals surface area (Å²) in [5, 5.41) is 2.29. The first kappa shape index (κ1) is 20.6. The fourth-order valence-corrected chi connectivity index (χ4v) is 2.19. The van der Waals surface area contributed by atoms with E-state index in [0.29, 0.717) is 25.2 Å². The van der Waals surface area contributed by atoms with Crippen molar-refractivity contribution < 1.29 is 35.9 Å². The number of anilines is 1. The molecule has 1 N–H and O–H groups in total. The van der Waals surface area contributed by atoms with E-state index in [1.165, 1.54) is 12.1 Å². The average Bonchev–Trinajstić information content (AvgIpc) is 2.59. The number of halogens is 6. The Hall–Kier alpha value is -2.71. The van der Waals surface area contributed by atoms with Crippen LogP contribution in [0.1, 0.15) is 34.8 Å². The number of carbonyl (C=O) groups is 1. The van der Waals surface area contributed by atoms with Crippen molar-refractivity contribution in [3.05, 3.63) is 59.2 Å². The third-order valence-corrected chi connectivity index (χ3v) is 3.45. The van der Waals surface area contributed by atoms with Gasteiger partial charge in [-0.2, -0.15) is 26.3 Å². The zero-order valence-corrected chi connectivity index (χ0v) is 14.0. The molecule has 0 aromatic heterocycles. The van der Waals surface area contributed by atoms with Gasteiger partial charge in [0.1, 0.15) is 5.75 Å². The second-order valence-electron chi connectivity index (χ2n) is 5.59. The van der Waals surface area contributed by atoms with Crippen LogP contribution in [0, 0.1) is 0 Å². The van der Waals surface area contributed by atoms with Crippen molar-refractivity contribution in [3.63, 3.8) is 0 Å². The van der Waals surface area contributed by atoms with Crippen LogP contribution in [-0.2, 0) is 12.4 Å². The summed E-state index contributed by atoms with van der Waals surface area (Å²) in [6.07, 6.45) is -9.39. The van der Waals surface area contributed by atoms with Crippen LogP contribution in [-0.4, -0.2) is 12.5 Å². The molecule has 146 valence electrons. The molecule has 0 aliphatic carbocycles. The van der Waals surface area contributed by atoms with Gasteiger partial charge >= 0.3 is 12.4 Å². The monoisotopic (exact) mass is 391 g/mol. The number of rotatable bonds is 5. The Balaban J connectivity index is 2.39. The van der Waals surface area contributed by atoms with Gasteiger partial charge < -0.3 is 10.1 Å². The van der Waals surface area contributed by atoms with Crippen LogP contribution < -0.4 is 10.1 Å². The number of ether oxygens (including phenoxy) is 1. The Morgan fingerprint density at radius 3 is 2.04 bits per heavy atom. The van der Waals surface area contributed by atoms with Crippen molar-refractivity contribution in [2.75, 3.05) is 11.9 Å². The first-order valence-corrected chi connectivity index (χ1v) is 7.85. The van der Waals surface area contributed by atoms with E-state index in [9.17, 15) is 31.1 Å². The Bertz CT molecular complexity index is 782. The number of amides is 1. The third-order valence-electron chi connectivity index (χ3n) is 3.45. The Morgan fingerprint density at radius 1 is 0.963 bits per heavy atom. The molecule has 3 nitrogen and oxygen atoms in total. The molecule has 0 spiro atoms. The smallest absolute Gasteiger partial charge is 0.416 e. The van der Waals surface area contributed by atoms with Gasteiger partial charge in [0.25, 0.3) is 5.91 Å². The fourth-order valence-electron chi connectivity index (χ4n) is 2.19. The lowest BCUT2D eigenvalue weighted by atomic mass is 10.0. The predicted molar refractivity (Wildman–Crippen MR) is 86.6 cm³/mol. The van der Waals surface area contributed by atoms with Gasteiger partial charge in [-0.05, 0) is 36.8 Å². The maximum Gasteiger partial charge on any atom is 0.416 e. The predicted octanol–water partition coefficient (Wildman–Crippen LogP) is 5.77. The van der Waals surface area contributed by atoms with Gasteiger partial charge in [-0.3, -0.25) is 4.79 Å². The minimum Gasteiger partial charge on any atom is -0.491 e. The van der Waals surface area contributed by atoms with Gasteiger partial charge in [0, 0.05) is 5.56 Å². The van der Waals surface area contributed by atoms with Gasteiger partial charge in [-0.1, -0.05) is 19.1 Å². The molecule has 0 saturated heterocycles. The SMILES string of the molecule is CCCOc1ccccc1NC(=O)c1cc(C(F)(F)F)cc(C(F)(F)F)c1. The minimum atomic E-state index is -5.03. The molecular weight excluding hydrogens is 376 g/mol. The first-order valence-electron chi connectivity index (χ1n) is 7.85. The van der Waals surface area contributed by atoms with Crippen molar-refractivity contribution in [3.8, 4) is 5.75 Å². The minimum absolute atomic E-state index is 0.0327. The van der Waals surface area contributed by atoms with E-state index < -0.39 is 35.0 Å². The van der Waals surface area contributed by atoms with Crippen LogP contribution in [0.4, 0.5) is 32.0 Å². The molecule has 9 heteroatoms. The number of para-hydroxylation sites is 2. The second-order valence-corrected chi connectivity index (χ2v) is 5.59. The van der Waals surface area contributed by atoms with Gasteiger partial charge in [0.05, 0.1) is 23.4 Å². The lowest BCUT2D eigenvalue weighted by molar-refractivity contribution is -0.143. The molecule has 27 heavy (non-hydrogen) atoms. The molecule has 0 radical (unpaired) electrons. The number of nitrogens with one attached hydrogen (secondary N) is 1. The Morgan fingerprint density at radius 2 is 1.52 bits per heavy atom. The summed E-state index contributed by atoms with van der Waals surface area (Å²) in [5.74, 6) is -0.852. The molecule has 0 aliphatic heterocycles. The van der Waals surface area contributed by atoms with Crippen LogP contribution in [0.5, 0.6) is 5.75 Å². The maximum absolute atomic E-state index is 12.9. The number of hydrogen-bond donors (Lipinski definition) is 1. The standard InChI is InChI=1S/C18H15F6NO2/c1-2-7-27-15-6-4-3-5-14(15)25-16(26)11-8-12(17(19,20)21)10-13(9-11)18(22,23)24/h3-6,8-10H,2,7H2,1H3,(H,25,26). The van der Waals surface area contributed by atoms with Crippen LogP contribution in [0.2, 0.25) is 0 Å². The summed E-state index contributed by atoms with van der Waals surface area (Å²) in [4.78, 5) is 12.3. The fraction of sp³-hybridized carbons (Fsp3) is 0.278. The third kappa shape index (κ3) is 5.38. The highest BCUT2D eigenvalue weighted by molar-refractivity contribution is 6.05. The van der Waals surface area contributed by atoms with E-state index in [4.69, 9.17) is 4.74 Å². The van der Waals surface area contributed by atoms with Crippen molar-refractivity contribution in [1.29, 1.82) is 0 Å². The normalized spacial score (nSPS) is 12.0. The highest BCUT2D eigenvalue weighted by atomic mass is 19.4. The summed E-state index contributed by atoms with van der Waals surface area (Å²) < 4.78 is 82.9. The van der Waals surface area contributed by atoms with Crippen LogP contribution >= 0.6 is 0 Å². The molecule has 0 bridgehead atoms. The van der Waals surface area contributed by atoms with Gasteiger partial charge in [-0.25, -0.2) is 0 Å². The van der Waals surface area contributed by atoms with E-state index in [-0.39, 0.29) is 17.5 Å². The Kier molecular flexibility index (Phi) is 6.02. The molecule has 0 atom stereocenters. The van der Waals surface area contributed by atoms with Crippen LogP contribution in [0.3, 0.4) is 0 Å². The molecular formula is C18H15F6NO2. The summed E-state index contributed by atoms with van der Waals surface area (Å²) in [7, 11) is 0. The van der Waals surface area contributed by atoms with Crippen LogP contribution in [0.15, 0.2) is 42.5 Å². The lowest BCUT2D eigenvalue weighted by Crippen LogP contribution is -2.17. The van der Waals surface area contributed by atoms with Crippen molar-refractivity contribution in [1.82, 2.24) is 0 Å². The van der Waals surface area contributed by atoms with E-state index in [1.807, 2.05) is 6.92 Å². The maximum atomic E-state index is 12.9. The van der Waals surface area contributed by atoms with Crippen molar-refractivity contribution in [2.24, 2.45) is 0 Å². The van der Waals surface area contributed by atoms with Gasteiger partial charge in [0.15, 0.2) is 0 Å². The highest BCUT2D eigenvalue weighted by Gasteiger charge is 2.37. The summed E-state index contributed by atoms with van der Waals surface area (Å²) in [5.41, 5.74) is -3.74. The Labute approximate surface area is 150 Å². The summed E-state index contributed by atoms with van der Waals surface area (Å²) in [6, 6.07) is 6.84. The molecule has 2 aromatic rings. The van der Waals surface area contributed by atoms with Gasteiger partial charge in [0.2, 0.25) is 0 Å². The second kappa shape index (κ2) is 7.89. The van der Waals surface area contributed by atoms with Gasteiger partial charge in [-0.15, -0.1) is 0 Å². The quantitative estimate of drug-likeness (QED) is 0.658. The average molecular weight is 391 g/mol. The molecule has 0 fully saturated rings. The molecule has 0 heterocycles. The lowest BCUT2D eigenvalue weighted by Gasteiger charge is -2.15. The van der Waals surface area contributed by atoms with E-state index in [0.717, 1.165) is 0 Å². The number of hydrogen-bond acceptors (Lipinski definition) is 2. The van der Waals surface area contributed by atoms with Crippen molar-refractivity contribution >= 4 is 11.6 Å². The number of carbonyl (C=O) groups excluding carboxylic acids is 1. The summed E-state index contributed by atoms with van der Waals surface area (Å²) in [6.45, 7) is 2.18. The largest absolute Gasteiger partial charge is 0.491 e. The molecule has 2 aromatic carbocycles. The zero-order valence-electron chi connectivity index (χ0n) is 14.0. The van der Waals surface area contributed by atoms with E-state index in [2.05, 4.69) is 5.32 Å². The van der Waals surface area contributed by atoms with Crippen molar-refractivity contribution in [2.45, 2.75) is 25.7 Å². The van der Waals surface area contributed by atoms with E-state index >= 15 is 0 Å². The zero-order chi connectivity index (χ0) is 20.2. The molecule has 0 saturated carbocycles. The first-order chi connectivity index (χ1) is 12.5. The molecule has 1 amide bonds.